The first-order valence-corrected chi connectivity index (χ1v) is 18.3. The van der Waals surface area contributed by atoms with E-state index >= 15 is 0 Å². The number of benzene rings is 4. The van der Waals surface area contributed by atoms with Crippen molar-refractivity contribution in [2.24, 2.45) is 0 Å². The van der Waals surface area contributed by atoms with E-state index in [9.17, 15) is 18.0 Å². The summed E-state index contributed by atoms with van der Waals surface area (Å²) >= 11 is 12.7. The molecule has 1 unspecified atom stereocenters. The molecular formula is C37H34Cl2N6O4S. The number of imidazole rings is 1. The highest BCUT2D eigenvalue weighted by atomic mass is 35.5. The van der Waals surface area contributed by atoms with Gasteiger partial charge >= 0.3 is 10.2 Å². The summed E-state index contributed by atoms with van der Waals surface area (Å²) < 4.78 is 28.0. The Kier molecular flexibility index (Phi) is 9.06. The fourth-order valence-corrected chi connectivity index (χ4v) is 8.19. The van der Waals surface area contributed by atoms with Crippen LogP contribution in [0, 0.1) is 0 Å². The summed E-state index contributed by atoms with van der Waals surface area (Å²) in [5, 5.41) is 1.02. The predicted molar refractivity (Wildman–Crippen MR) is 197 cm³/mol. The lowest BCUT2D eigenvalue weighted by Gasteiger charge is -2.37. The predicted octanol–water partition coefficient (Wildman–Crippen LogP) is 6.47. The van der Waals surface area contributed by atoms with E-state index in [1.807, 2.05) is 41.7 Å². The monoisotopic (exact) mass is 728 g/mol. The summed E-state index contributed by atoms with van der Waals surface area (Å²) in [4.78, 5) is 36.7. The Morgan fingerprint density at radius 2 is 1.40 bits per heavy atom. The SMILES string of the molecule is CC(C)N1CCN(c2ccc(-c3ccc(C(c4ccc(N5CC(=O)NS5(=O)=O)cc4)c4ncc(-c5ccc(Cl)cc5Cl)[nH]4)cc3)cc2)CC1=O. The number of anilines is 2. The molecular weight excluding hydrogens is 695 g/mol. The van der Waals surface area contributed by atoms with Gasteiger partial charge in [-0.15, -0.1) is 0 Å². The minimum atomic E-state index is -3.94. The van der Waals surface area contributed by atoms with E-state index in [2.05, 4.69) is 58.4 Å². The molecule has 3 heterocycles. The number of rotatable bonds is 8. The number of nitrogens with one attached hydrogen (secondary N) is 2. The molecule has 2 amide bonds. The van der Waals surface area contributed by atoms with Gasteiger partial charge in [0.1, 0.15) is 12.4 Å². The molecule has 256 valence electrons. The number of nitrogens with zero attached hydrogens (tertiary/aromatic N) is 4. The second-order valence-electron chi connectivity index (χ2n) is 12.6. The van der Waals surface area contributed by atoms with Gasteiger partial charge in [-0.25, -0.2) is 14.0 Å². The molecule has 2 fully saturated rings. The first-order chi connectivity index (χ1) is 24.0. The van der Waals surface area contributed by atoms with Crippen molar-refractivity contribution in [3.63, 3.8) is 0 Å². The molecule has 2 aliphatic rings. The number of carbonyl (C=O) groups excluding carboxylic acids is 2. The highest BCUT2D eigenvalue weighted by Gasteiger charge is 2.34. The van der Waals surface area contributed by atoms with E-state index in [0.29, 0.717) is 34.6 Å². The molecule has 7 rings (SSSR count). The fourth-order valence-electron chi connectivity index (χ4n) is 6.53. The third-order valence-electron chi connectivity index (χ3n) is 9.12. The smallest absolute Gasteiger partial charge is 0.326 e. The van der Waals surface area contributed by atoms with E-state index in [1.165, 1.54) is 0 Å². The summed E-state index contributed by atoms with van der Waals surface area (Å²) in [6, 6.07) is 29.0. The van der Waals surface area contributed by atoms with Gasteiger partial charge in [0.2, 0.25) is 5.91 Å². The molecule has 2 aliphatic heterocycles. The largest absolute Gasteiger partial charge is 0.360 e. The summed E-state index contributed by atoms with van der Waals surface area (Å²) in [7, 11) is -3.94. The molecule has 0 radical (unpaired) electrons. The number of amides is 2. The lowest BCUT2D eigenvalue weighted by Crippen LogP contribution is -2.52. The zero-order valence-electron chi connectivity index (χ0n) is 27.3. The zero-order valence-corrected chi connectivity index (χ0v) is 29.6. The van der Waals surface area contributed by atoms with E-state index in [4.69, 9.17) is 28.2 Å². The second-order valence-corrected chi connectivity index (χ2v) is 15.1. The Bertz CT molecular complexity index is 2170. The molecule has 2 N–H and O–H groups in total. The van der Waals surface area contributed by atoms with Crippen molar-refractivity contribution in [3.8, 4) is 22.4 Å². The van der Waals surface area contributed by atoms with Crippen LogP contribution in [-0.2, 0) is 19.8 Å². The molecule has 0 spiro atoms. The molecule has 2 saturated heterocycles. The number of halogens is 2. The summed E-state index contributed by atoms with van der Waals surface area (Å²) in [5.74, 6) is -0.126. The maximum absolute atomic E-state index is 12.6. The summed E-state index contributed by atoms with van der Waals surface area (Å²) in [5.41, 5.74) is 6.75. The number of H-pyrrole nitrogens is 1. The number of hydrogen-bond acceptors (Lipinski definition) is 6. The van der Waals surface area contributed by atoms with Crippen LogP contribution in [0.4, 0.5) is 11.4 Å². The third kappa shape index (κ3) is 6.68. The summed E-state index contributed by atoms with van der Waals surface area (Å²) in [6.45, 7) is 5.69. The van der Waals surface area contributed by atoms with Gasteiger partial charge in [0, 0.05) is 35.4 Å². The van der Waals surface area contributed by atoms with Crippen molar-refractivity contribution in [3.05, 3.63) is 124 Å². The van der Waals surface area contributed by atoms with Gasteiger partial charge in [-0.3, -0.25) is 9.59 Å². The van der Waals surface area contributed by atoms with E-state index in [-0.39, 0.29) is 24.4 Å². The number of aromatic nitrogens is 2. The maximum Gasteiger partial charge on any atom is 0.326 e. The normalized spacial score (nSPS) is 16.6. The van der Waals surface area contributed by atoms with E-state index in [0.717, 1.165) is 50.0 Å². The molecule has 10 nitrogen and oxygen atoms in total. The molecule has 1 atom stereocenters. The van der Waals surface area contributed by atoms with Crippen molar-refractivity contribution < 1.29 is 18.0 Å². The molecule has 1 aromatic heterocycles. The lowest BCUT2D eigenvalue weighted by molar-refractivity contribution is -0.132. The van der Waals surface area contributed by atoms with Crippen LogP contribution in [0.5, 0.6) is 0 Å². The molecule has 0 bridgehead atoms. The van der Waals surface area contributed by atoms with Crippen LogP contribution >= 0.6 is 23.2 Å². The van der Waals surface area contributed by atoms with E-state index in [1.54, 1.807) is 30.5 Å². The van der Waals surface area contributed by atoms with Crippen LogP contribution in [-0.4, -0.2) is 67.3 Å². The second kappa shape index (κ2) is 13.5. The minimum absolute atomic E-state index is 0.142. The van der Waals surface area contributed by atoms with Gasteiger partial charge in [-0.05, 0) is 78.6 Å². The molecule has 13 heteroatoms. The highest BCUT2D eigenvalue weighted by Crippen LogP contribution is 2.36. The molecule has 0 saturated carbocycles. The Hall–Kier alpha value is -4.84. The maximum atomic E-state index is 12.6. The topological polar surface area (TPSA) is 119 Å². The van der Waals surface area contributed by atoms with Crippen LogP contribution in [0.1, 0.15) is 36.7 Å². The third-order valence-corrected chi connectivity index (χ3v) is 11.1. The van der Waals surface area contributed by atoms with Crippen molar-refractivity contribution in [2.45, 2.75) is 25.8 Å². The Balaban J connectivity index is 1.18. The summed E-state index contributed by atoms with van der Waals surface area (Å²) in [6.07, 6.45) is 1.73. The van der Waals surface area contributed by atoms with Gasteiger partial charge in [0.05, 0.1) is 35.1 Å². The van der Waals surface area contributed by atoms with Crippen molar-refractivity contribution >= 4 is 56.6 Å². The lowest BCUT2D eigenvalue weighted by atomic mass is 9.89. The van der Waals surface area contributed by atoms with Crippen LogP contribution in [0.3, 0.4) is 0 Å². The number of hydrogen-bond donors (Lipinski definition) is 2. The van der Waals surface area contributed by atoms with Crippen LogP contribution in [0.2, 0.25) is 10.0 Å². The van der Waals surface area contributed by atoms with Gasteiger partial charge in [-0.1, -0.05) is 71.7 Å². The Morgan fingerprint density at radius 1 is 0.780 bits per heavy atom. The number of aromatic amines is 1. The molecule has 4 aromatic carbocycles. The van der Waals surface area contributed by atoms with Gasteiger partial charge in [-0.2, -0.15) is 8.42 Å². The van der Waals surface area contributed by atoms with Crippen molar-refractivity contribution in [2.75, 3.05) is 35.4 Å². The van der Waals surface area contributed by atoms with Gasteiger partial charge < -0.3 is 14.8 Å². The van der Waals surface area contributed by atoms with Crippen LogP contribution < -0.4 is 13.9 Å². The average molecular weight is 730 g/mol. The average Bonchev–Trinajstić information content (AvgIpc) is 3.68. The van der Waals surface area contributed by atoms with Crippen molar-refractivity contribution in [1.29, 1.82) is 0 Å². The van der Waals surface area contributed by atoms with Crippen LogP contribution in [0.25, 0.3) is 22.4 Å². The van der Waals surface area contributed by atoms with Crippen molar-refractivity contribution in [1.82, 2.24) is 19.6 Å². The van der Waals surface area contributed by atoms with Gasteiger partial charge in [0.15, 0.2) is 0 Å². The minimum Gasteiger partial charge on any atom is -0.360 e. The number of carbonyl (C=O) groups is 2. The first kappa shape index (κ1) is 33.6. The number of piperazine rings is 1. The van der Waals surface area contributed by atoms with Crippen LogP contribution in [0.15, 0.2) is 97.2 Å². The molecule has 5 aromatic rings. The Labute approximate surface area is 300 Å². The molecule has 50 heavy (non-hydrogen) atoms. The first-order valence-electron chi connectivity index (χ1n) is 16.2. The Morgan fingerprint density at radius 3 is 1.98 bits per heavy atom. The van der Waals surface area contributed by atoms with E-state index < -0.39 is 16.1 Å². The van der Waals surface area contributed by atoms with Gasteiger partial charge in [0.25, 0.3) is 5.91 Å². The fraction of sp³-hybridized carbons (Fsp3) is 0.216. The quantitative estimate of drug-likeness (QED) is 0.189. The zero-order chi connectivity index (χ0) is 35.2. The highest BCUT2D eigenvalue weighted by molar-refractivity contribution is 7.92. The standard InChI is InChI=1S/C37H34Cl2N6O4S/c1-23(2)44-18-17-43(22-35(44)47)29-12-7-25(8-13-29)24-3-5-26(6-4-24)36(37-40-20-33(41-37)31-16-11-28(38)19-32(31)39)27-9-14-30(15-10-27)45-21-34(46)42-50(45,48)49/h3-16,19-20,23,36H,17-18,21-22H2,1-2H3,(H,40,41)(H,42,46). The molecule has 0 aliphatic carbocycles.